The van der Waals surface area contributed by atoms with E-state index in [1.807, 2.05) is 0 Å². The number of carbonyl (C=O) groups excluding carboxylic acids is 1. The molecule has 4 nitrogen and oxygen atoms in total. The third-order valence-corrected chi connectivity index (χ3v) is 3.15. The first-order chi connectivity index (χ1) is 7.76. The minimum atomic E-state index is 0.130. The summed E-state index contributed by atoms with van der Waals surface area (Å²) in [7, 11) is 0. The Morgan fingerprint density at radius 2 is 1.69 bits per heavy atom. The van der Waals surface area contributed by atoms with Gasteiger partial charge >= 0.3 is 0 Å². The lowest BCUT2D eigenvalue weighted by atomic mass is 10.2. The minimum Gasteiger partial charge on any atom is -0.295 e. The average molecular weight is 227 g/mol. The third-order valence-electron chi connectivity index (χ3n) is 3.15. The monoisotopic (exact) mass is 227 g/mol. The molecular formula is C12H25N3O. The van der Waals surface area contributed by atoms with E-state index in [1.165, 1.54) is 25.7 Å². The van der Waals surface area contributed by atoms with Crippen molar-refractivity contribution in [1.82, 2.24) is 15.3 Å². The van der Waals surface area contributed by atoms with Crippen LogP contribution in [0.5, 0.6) is 0 Å². The highest BCUT2D eigenvalue weighted by molar-refractivity contribution is 5.77. The Balaban J connectivity index is 2.26. The largest absolute Gasteiger partial charge is 0.295 e. The molecule has 0 atom stereocenters. The van der Waals surface area contributed by atoms with Gasteiger partial charge < -0.3 is 0 Å². The first-order valence-corrected chi connectivity index (χ1v) is 6.53. The van der Waals surface area contributed by atoms with Gasteiger partial charge in [0.15, 0.2) is 0 Å². The standard InChI is InChI=1S/C12H25N3O/c1-3-14(4-2)11-12(16)13-15-9-7-5-6-8-10-15/h3-11H2,1-2H3,(H,13,16). The quantitative estimate of drug-likeness (QED) is 0.767. The summed E-state index contributed by atoms with van der Waals surface area (Å²) in [6.07, 6.45) is 4.99. The van der Waals surface area contributed by atoms with Gasteiger partial charge in [-0.2, -0.15) is 0 Å². The van der Waals surface area contributed by atoms with E-state index in [4.69, 9.17) is 0 Å². The predicted molar refractivity (Wildman–Crippen MR) is 66.0 cm³/mol. The molecule has 1 amide bonds. The van der Waals surface area contributed by atoms with Gasteiger partial charge in [0.1, 0.15) is 0 Å². The van der Waals surface area contributed by atoms with Gasteiger partial charge in [-0.25, -0.2) is 5.01 Å². The molecule has 1 aliphatic heterocycles. The summed E-state index contributed by atoms with van der Waals surface area (Å²) in [4.78, 5) is 13.9. The molecule has 0 unspecified atom stereocenters. The maximum absolute atomic E-state index is 11.8. The van der Waals surface area contributed by atoms with E-state index in [2.05, 4.69) is 29.2 Å². The van der Waals surface area contributed by atoms with Crippen molar-refractivity contribution >= 4 is 5.91 Å². The molecule has 94 valence electrons. The normalized spacial score (nSPS) is 18.4. The number of hydrazine groups is 1. The Kier molecular flexibility index (Phi) is 6.42. The summed E-state index contributed by atoms with van der Waals surface area (Å²) < 4.78 is 0. The summed E-state index contributed by atoms with van der Waals surface area (Å²) in [5.74, 6) is 0.130. The number of hydrogen-bond donors (Lipinski definition) is 1. The molecule has 4 heteroatoms. The highest BCUT2D eigenvalue weighted by Gasteiger charge is 2.13. The second-order valence-electron chi connectivity index (χ2n) is 4.40. The van der Waals surface area contributed by atoms with Gasteiger partial charge in [0.05, 0.1) is 6.54 Å². The van der Waals surface area contributed by atoms with Crippen LogP contribution in [-0.2, 0) is 4.79 Å². The number of likely N-dealkylation sites (N-methyl/N-ethyl adjacent to an activating group) is 1. The van der Waals surface area contributed by atoms with Crippen LogP contribution >= 0.6 is 0 Å². The molecule has 0 radical (unpaired) electrons. The Bertz CT molecular complexity index is 196. The second-order valence-corrected chi connectivity index (χ2v) is 4.40. The molecule has 1 rings (SSSR count). The number of rotatable bonds is 5. The summed E-state index contributed by atoms with van der Waals surface area (Å²) in [6, 6.07) is 0. The van der Waals surface area contributed by atoms with Crippen LogP contribution in [0.25, 0.3) is 0 Å². The van der Waals surface area contributed by atoms with E-state index in [9.17, 15) is 4.79 Å². The molecule has 0 aliphatic carbocycles. The molecule has 0 aromatic rings. The minimum absolute atomic E-state index is 0.130. The highest BCUT2D eigenvalue weighted by atomic mass is 16.2. The van der Waals surface area contributed by atoms with Crippen molar-refractivity contribution in [2.45, 2.75) is 39.5 Å². The summed E-state index contributed by atoms with van der Waals surface area (Å²) in [6.45, 7) is 8.57. The first kappa shape index (κ1) is 13.5. The molecule has 0 aromatic carbocycles. The van der Waals surface area contributed by atoms with Crippen LogP contribution in [0, 0.1) is 0 Å². The Hall–Kier alpha value is -0.610. The molecule has 1 saturated heterocycles. The van der Waals surface area contributed by atoms with Crippen molar-refractivity contribution in [3.05, 3.63) is 0 Å². The molecule has 1 aliphatic rings. The Morgan fingerprint density at radius 3 is 2.19 bits per heavy atom. The van der Waals surface area contributed by atoms with Crippen LogP contribution in [-0.4, -0.2) is 48.5 Å². The molecule has 1 fully saturated rings. The van der Waals surface area contributed by atoms with Crippen molar-refractivity contribution in [2.24, 2.45) is 0 Å². The van der Waals surface area contributed by atoms with Gasteiger partial charge in [0, 0.05) is 13.1 Å². The van der Waals surface area contributed by atoms with Crippen molar-refractivity contribution in [1.29, 1.82) is 0 Å². The number of hydrogen-bond acceptors (Lipinski definition) is 3. The molecule has 0 saturated carbocycles. The van der Waals surface area contributed by atoms with E-state index in [0.717, 1.165) is 26.2 Å². The molecule has 0 spiro atoms. The summed E-state index contributed by atoms with van der Waals surface area (Å²) in [5.41, 5.74) is 3.01. The van der Waals surface area contributed by atoms with Gasteiger partial charge in [0.2, 0.25) is 5.91 Å². The Labute approximate surface area is 98.9 Å². The fourth-order valence-corrected chi connectivity index (χ4v) is 2.04. The van der Waals surface area contributed by atoms with Gasteiger partial charge in [-0.3, -0.25) is 15.1 Å². The smallest absolute Gasteiger partial charge is 0.248 e. The number of amides is 1. The Morgan fingerprint density at radius 1 is 1.12 bits per heavy atom. The lowest BCUT2D eigenvalue weighted by Crippen LogP contribution is -2.47. The fraction of sp³-hybridized carbons (Fsp3) is 0.917. The van der Waals surface area contributed by atoms with Gasteiger partial charge in [0.25, 0.3) is 0 Å². The van der Waals surface area contributed by atoms with Crippen LogP contribution in [0.1, 0.15) is 39.5 Å². The van der Waals surface area contributed by atoms with Crippen LogP contribution in [0.3, 0.4) is 0 Å². The van der Waals surface area contributed by atoms with Crippen molar-refractivity contribution in [3.63, 3.8) is 0 Å². The van der Waals surface area contributed by atoms with Crippen LogP contribution in [0.2, 0.25) is 0 Å². The highest BCUT2D eigenvalue weighted by Crippen LogP contribution is 2.07. The predicted octanol–water partition coefficient (Wildman–Crippen LogP) is 1.24. The second kappa shape index (κ2) is 7.63. The van der Waals surface area contributed by atoms with E-state index >= 15 is 0 Å². The van der Waals surface area contributed by atoms with Gasteiger partial charge in [-0.1, -0.05) is 26.7 Å². The first-order valence-electron chi connectivity index (χ1n) is 6.53. The molecule has 1 N–H and O–H groups in total. The molecule has 0 bridgehead atoms. The van der Waals surface area contributed by atoms with E-state index in [1.54, 1.807) is 0 Å². The zero-order valence-corrected chi connectivity index (χ0v) is 10.7. The van der Waals surface area contributed by atoms with E-state index in [0.29, 0.717) is 6.54 Å². The number of nitrogens with one attached hydrogen (secondary N) is 1. The number of carbonyl (C=O) groups is 1. The summed E-state index contributed by atoms with van der Waals surface area (Å²) in [5, 5.41) is 2.08. The van der Waals surface area contributed by atoms with Crippen LogP contribution in [0.15, 0.2) is 0 Å². The van der Waals surface area contributed by atoms with Gasteiger partial charge in [-0.15, -0.1) is 0 Å². The number of nitrogens with zero attached hydrogens (tertiary/aromatic N) is 2. The fourth-order valence-electron chi connectivity index (χ4n) is 2.04. The van der Waals surface area contributed by atoms with Gasteiger partial charge in [-0.05, 0) is 25.9 Å². The molecule has 1 heterocycles. The molecular weight excluding hydrogens is 202 g/mol. The maximum Gasteiger partial charge on any atom is 0.248 e. The lowest BCUT2D eigenvalue weighted by molar-refractivity contribution is -0.127. The SMILES string of the molecule is CCN(CC)CC(=O)NN1CCCCCC1. The average Bonchev–Trinajstić information content (AvgIpc) is 2.54. The van der Waals surface area contributed by atoms with Crippen LogP contribution in [0.4, 0.5) is 0 Å². The third kappa shape index (κ3) is 4.94. The summed E-state index contributed by atoms with van der Waals surface area (Å²) >= 11 is 0. The zero-order valence-electron chi connectivity index (χ0n) is 10.7. The van der Waals surface area contributed by atoms with Crippen LogP contribution < -0.4 is 5.43 Å². The van der Waals surface area contributed by atoms with Crippen molar-refractivity contribution < 1.29 is 4.79 Å². The van der Waals surface area contributed by atoms with Crippen molar-refractivity contribution in [2.75, 3.05) is 32.7 Å². The topological polar surface area (TPSA) is 35.6 Å². The zero-order chi connectivity index (χ0) is 11.8. The van der Waals surface area contributed by atoms with Crippen molar-refractivity contribution in [3.8, 4) is 0 Å². The molecule has 0 aromatic heterocycles. The maximum atomic E-state index is 11.8. The van der Waals surface area contributed by atoms with E-state index in [-0.39, 0.29) is 5.91 Å². The molecule has 16 heavy (non-hydrogen) atoms. The van der Waals surface area contributed by atoms with E-state index < -0.39 is 0 Å². The lowest BCUT2D eigenvalue weighted by Gasteiger charge is -2.23.